The molecule has 0 aliphatic rings. The minimum absolute atomic E-state index is 0.257. The van der Waals surface area contributed by atoms with Crippen LogP contribution in [0.5, 0.6) is 0 Å². The number of H-pyrrole nitrogens is 1. The summed E-state index contributed by atoms with van der Waals surface area (Å²) in [7, 11) is 0. The topological polar surface area (TPSA) is 46.0 Å². The monoisotopic (exact) mass is 203 g/mol. The highest BCUT2D eigenvalue weighted by Gasteiger charge is 2.07. The minimum atomic E-state index is -0.533. The molecule has 0 aliphatic heterocycles. The second-order valence-corrected chi connectivity index (χ2v) is 3.04. The molecule has 0 unspecified atom stereocenters. The van der Waals surface area contributed by atoms with Crippen LogP contribution < -0.4 is 5.76 Å². The standard InChI is InChI=1S/C7H3Cl2NO2/c8-3-1-2-4-6(5(3)9)12-7(11)10-4/h1-2H,(H,10,11). The van der Waals surface area contributed by atoms with E-state index >= 15 is 0 Å². The van der Waals surface area contributed by atoms with Crippen molar-refractivity contribution >= 4 is 34.3 Å². The van der Waals surface area contributed by atoms with Crippen molar-refractivity contribution < 1.29 is 4.42 Å². The van der Waals surface area contributed by atoms with Crippen LogP contribution in [0, 0.1) is 0 Å². The first kappa shape index (κ1) is 7.71. The fraction of sp³-hybridized carbons (Fsp3) is 0. The van der Waals surface area contributed by atoms with Gasteiger partial charge >= 0.3 is 5.76 Å². The molecule has 5 heteroatoms. The fourth-order valence-electron chi connectivity index (χ4n) is 0.958. The summed E-state index contributed by atoms with van der Waals surface area (Å²) in [6.45, 7) is 0. The van der Waals surface area contributed by atoms with Gasteiger partial charge in [0.15, 0.2) is 5.58 Å². The molecule has 3 nitrogen and oxygen atoms in total. The van der Waals surface area contributed by atoms with Crippen molar-refractivity contribution in [2.45, 2.75) is 0 Å². The number of rotatable bonds is 0. The summed E-state index contributed by atoms with van der Waals surface area (Å²) < 4.78 is 4.75. The van der Waals surface area contributed by atoms with E-state index in [2.05, 4.69) is 4.98 Å². The van der Waals surface area contributed by atoms with E-state index in [0.717, 1.165) is 0 Å². The van der Waals surface area contributed by atoms with Crippen LogP contribution in [0.2, 0.25) is 10.0 Å². The molecule has 0 fully saturated rings. The third-order valence-electron chi connectivity index (χ3n) is 1.48. The third-order valence-corrected chi connectivity index (χ3v) is 2.27. The Morgan fingerprint density at radius 1 is 1.33 bits per heavy atom. The number of fused-ring (bicyclic) bond motifs is 1. The highest BCUT2D eigenvalue weighted by Crippen LogP contribution is 2.28. The van der Waals surface area contributed by atoms with E-state index in [4.69, 9.17) is 27.6 Å². The second kappa shape index (κ2) is 2.54. The average molecular weight is 204 g/mol. The first-order valence-corrected chi connectivity index (χ1v) is 3.91. The second-order valence-electron chi connectivity index (χ2n) is 2.25. The summed E-state index contributed by atoms with van der Waals surface area (Å²) in [5, 5.41) is 0.624. The number of benzene rings is 1. The van der Waals surface area contributed by atoms with Gasteiger partial charge in [0.1, 0.15) is 5.02 Å². The molecule has 0 atom stereocenters. The highest BCUT2D eigenvalue weighted by atomic mass is 35.5. The number of oxazole rings is 1. The van der Waals surface area contributed by atoms with Gasteiger partial charge in [-0.15, -0.1) is 0 Å². The van der Waals surface area contributed by atoms with Crippen molar-refractivity contribution in [3.8, 4) is 0 Å². The predicted molar refractivity (Wildman–Crippen MR) is 46.9 cm³/mol. The number of halogens is 2. The lowest BCUT2D eigenvalue weighted by atomic mass is 10.3. The van der Waals surface area contributed by atoms with Crippen LogP contribution in [-0.4, -0.2) is 4.98 Å². The molecule has 1 N–H and O–H groups in total. The Morgan fingerprint density at radius 2 is 2.08 bits per heavy atom. The molecule has 12 heavy (non-hydrogen) atoms. The van der Waals surface area contributed by atoms with Crippen LogP contribution in [0.1, 0.15) is 0 Å². The largest absolute Gasteiger partial charge is 0.417 e. The van der Waals surface area contributed by atoms with Gasteiger partial charge in [0.2, 0.25) is 0 Å². The molecule has 62 valence electrons. The van der Waals surface area contributed by atoms with Gasteiger partial charge in [0.25, 0.3) is 0 Å². The van der Waals surface area contributed by atoms with Crippen molar-refractivity contribution in [1.29, 1.82) is 0 Å². The fourth-order valence-corrected chi connectivity index (χ4v) is 1.31. The number of aromatic nitrogens is 1. The number of aromatic amines is 1. The Labute approximate surface area is 76.9 Å². The van der Waals surface area contributed by atoms with E-state index in [1.165, 1.54) is 0 Å². The average Bonchev–Trinajstić information content (AvgIpc) is 2.39. The molecule has 2 aromatic rings. The van der Waals surface area contributed by atoms with Gasteiger partial charge < -0.3 is 4.42 Å². The lowest BCUT2D eigenvalue weighted by Crippen LogP contribution is -1.92. The summed E-state index contributed by atoms with van der Waals surface area (Å²) in [6.07, 6.45) is 0. The van der Waals surface area contributed by atoms with Crippen molar-refractivity contribution in [2.24, 2.45) is 0 Å². The van der Waals surface area contributed by atoms with Crippen molar-refractivity contribution in [3.63, 3.8) is 0 Å². The van der Waals surface area contributed by atoms with Crippen LogP contribution in [0.4, 0.5) is 0 Å². The zero-order valence-corrected chi connectivity index (χ0v) is 7.24. The molecule has 2 rings (SSSR count). The van der Waals surface area contributed by atoms with E-state index in [9.17, 15) is 4.79 Å². The van der Waals surface area contributed by atoms with Gasteiger partial charge in [-0.2, -0.15) is 0 Å². The Morgan fingerprint density at radius 3 is 2.83 bits per heavy atom. The first-order chi connectivity index (χ1) is 5.68. The number of nitrogens with one attached hydrogen (secondary N) is 1. The summed E-state index contributed by atoms with van der Waals surface area (Å²) in [4.78, 5) is 13.2. The molecule has 0 saturated carbocycles. The lowest BCUT2D eigenvalue weighted by Gasteiger charge is -1.92. The molecule has 1 heterocycles. The first-order valence-electron chi connectivity index (χ1n) is 3.15. The Hall–Kier alpha value is -0.930. The van der Waals surface area contributed by atoms with E-state index in [1.54, 1.807) is 12.1 Å². The molecule has 0 radical (unpaired) electrons. The maximum Gasteiger partial charge on any atom is 0.417 e. The number of hydrogen-bond acceptors (Lipinski definition) is 2. The zero-order valence-electron chi connectivity index (χ0n) is 5.73. The van der Waals surface area contributed by atoms with Gasteiger partial charge in [-0.1, -0.05) is 23.2 Å². The molecule has 0 spiro atoms. The maximum atomic E-state index is 10.7. The van der Waals surface area contributed by atoms with E-state index in [-0.39, 0.29) is 5.02 Å². The summed E-state index contributed by atoms with van der Waals surface area (Å²) in [6, 6.07) is 3.23. The summed E-state index contributed by atoms with van der Waals surface area (Å²) in [5.74, 6) is -0.533. The van der Waals surface area contributed by atoms with Crippen molar-refractivity contribution in [2.75, 3.05) is 0 Å². The normalized spacial score (nSPS) is 10.8. The van der Waals surface area contributed by atoms with E-state index < -0.39 is 5.76 Å². The molecule has 0 saturated heterocycles. The maximum absolute atomic E-state index is 10.7. The minimum Gasteiger partial charge on any atom is -0.406 e. The van der Waals surface area contributed by atoms with Crippen LogP contribution in [-0.2, 0) is 0 Å². The summed E-state index contributed by atoms with van der Waals surface area (Å²) >= 11 is 11.4. The van der Waals surface area contributed by atoms with Crippen LogP contribution in [0.15, 0.2) is 21.3 Å². The summed E-state index contributed by atoms with van der Waals surface area (Å²) in [5.41, 5.74) is 0.851. The highest BCUT2D eigenvalue weighted by molar-refractivity contribution is 6.44. The van der Waals surface area contributed by atoms with Gasteiger partial charge in [-0.25, -0.2) is 4.79 Å². The SMILES string of the molecule is O=c1[nH]c2ccc(Cl)c(Cl)c2o1. The lowest BCUT2D eigenvalue weighted by molar-refractivity contribution is 0.555. The molecular weight excluding hydrogens is 201 g/mol. The van der Waals surface area contributed by atoms with Crippen LogP contribution in [0.25, 0.3) is 11.1 Å². The Balaban J connectivity index is 2.99. The van der Waals surface area contributed by atoms with Crippen LogP contribution >= 0.6 is 23.2 Å². The van der Waals surface area contributed by atoms with Gasteiger partial charge in [-0.3, -0.25) is 4.98 Å². The van der Waals surface area contributed by atoms with Gasteiger partial charge in [0, 0.05) is 0 Å². The Kier molecular flexibility index (Phi) is 1.63. The number of hydrogen-bond donors (Lipinski definition) is 1. The molecule has 0 amide bonds. The van der Waals surface area contributed by atoms with Gasteiger partial charge in [-0.05, 0) is 12.1 Å². The van der Waals surface area contributed by atoms with Crippen molar-refractivity contribution in [1.82, 2.24) is 4.98 Å². The Bertz CT molecular complexity index is 486. The predicted octanol–water partition coefficient (Wildman–Crippen LogP) is 2.43. The molecule has 1 aromatic heterocycles. The molecule has 1 aromatic carbocycles. The van der Waals surface area contributed by atoms with Crippen molar-refractivity contribution in [3.05, 3.63) is 32.7 Å². The third kappa shape index (κ3) is 1.02. The van der Waals surface area contributed by atoms with E-state index in [0.29, 0.717) is 16.1 Å². The molecular formula is C7H3Cl2NO2. The van der Waals surface area contributed by atoms with E-state index in [1.807, 2.05) is 0 Å². The quantitative estimate of drug-likeness (QED) is 0.716. The van der Waals surface area contributed by atoms with Crippen LogP contribution in [0.3, 0.4) is 0 Å². The smallest absolute Gasteiger partial charge is 0.406 e. The van der Waals surface area contributed by atoms with Gasteiger partial charge in [0.05, 0.1) is 10.5 Å². The molecule has 0 aliphatic carbocycles. The zero-order chi connectivity index (χ0) is 8.72. The molecule has 0 bridgehead atoms.